The number of carbonyl (C=O) groups is 3. The molecule has 124 valence electrons. The Bertz CT molecular complexity index is 428. The highest BCUT2D eigenvalue weighted by molar-refractivity contribution is 5.87. The van der Waals surface area contributed by atoms with Gasteiger partial charge >= 0.3 is 17.9 Å². The lowest BCUT2D eigenvalue weighted by Gasteiger charge is -2.27. The minimum atomic E-state index is -0.800. The molecule has 1 rings (SSSR count). The maximum atomic E-state index is 12.1. The van der Waals surface area contributed by atoms with Crippen LogP contribution in [0.5, 0.6) is 0 Å². The number of hydrogen-bond acceptors (Lipinski definition) is 6. The van der Waals surface area contributed by atoms with Crippen molar-refractivity contribution in [1.82, 2.24) is 0 Å². The van der Waals surface area contributed by atoms with E-state index in [-0.39, 0.29) is 11.5 Å². The summed E-state index contributed by atoms with van der Waals surface area (Å²) in [5.74, 6) is -3.03. The summed E-state index contributed by atoms with van der Waals surface area (Å²) in [4.78, 5) is 44.3. The van der Waals surface area contributed by atoms with Gasteiger partial charge in [-0.15, -0.1) is 0 Å². The van der Waals surface area contributed by atoms with Crippen LogP contribution in [0.25, 0.3) is 0 Å². The molecule has 1 fully saturated rings. The Labute approximate surface area is 130 Å². The van der Waals surface area contributed by atoms with Crippen molar-refractivity contribution in [3.63, 3.8) is 0 Å². The molecule has 0 radical (unpaired) electrons. The first kappa shape index (κ1) is 18.2. The molecule has 0 aromatic carbocycles. The van der Waals surface area contributed by atoms with E-state index in [0.717, 1.165) is 25.7 Å². The number of carbonyl (C=O) groups excluding carboxylic acids is 3. The van der Waals surface area contributed by atoms with Crippen LogP contribution in [0.1, 0.15) is 52.4 Å². The largest absolute Gasteiger partial charge is 0.465 e. The molecule has 0 aromatic heterocycles. The Morgan fingerprint density at radius 3 is 2.18 bits per heavy atom. The number of hydrogen-bond donors (Lipinski definition) is 0. The molecule has 0 bridgehead atoms. The second kappa shape index (κ2) is 9.23. The van der Waals surface area contributed by atoms with Crippen LogP contribution < -0.4 is 0 Å². The monoisotopic (exact) mass is 312 g/mol. The Balaban J connectivity index is 2.56. The van der Waals surface area contributed by atoms with Crippen molar-refractivity contribution in [2.24, 2.45) is 11.8 Å². The van der Waals surface area contributed by atoms with Gasteiger partial charge in [0.1, 0.15) is 0 Å². The minimum absolute atomic E-state index is 0.131. The molecule has 0 heterocycles. The van der Waals surface area contributed by atoms with Gasteiger partial charge in [-0.05, 0) is 26.2 Å². The molecule has 22 heavy (non-hydrogen) atoms. The van der Waals surface area contributed by atoms with E-state index in [0.29, 0.717) is 19.4 Å². The van der Waals surface area contributed by atoms with E-state index >= 15 is 0 Å². The average Bonchev–Trinajstić information content (AvgIpc) is 2.52. The quantitative estimate of drug-likeness (QED) is 0.247. The fourth-order valence-electron chi connectivity index (χ4n) is 2.33. The van der Waals surface area contributed by atoms with E-state index in [1.807, 2.05) is 6.92 Å². The van der Waals surface area contributed by atoms with Gasteiger partial charge in [-0.2, -0.15) is 0 Å². The van der Waals surface area contributed by atoms with Gasteiger partial charge < -0.3 is 4.74 Å². The van der Waals surface area contributed by atoms with E-state index < -0.39 is 23.8 Å². The Hall–Kier alpha value is -1.85. The van der Waals surface area contributed by atoms with E-state index in [2.05, 4.69) is 16.4 Å². The molecule has 1 saturated carbocycles. The van der Waals surface area contributed by atoms with Gasteiger partial charge in [0, 0.05) is 5.57 Å². The standard InChI is InChI=1S/C16H24O6/c1-4-5-10-20-15(18)12-8-6-7-9-13(12)16(19)22-21-14(17)11(2)3/h12-13H,2,4-10H2,1,3H3. The van der Waals surface area contributed by atoms with Crippen molar-refractivity contribution in [1.29, 1.82) is 0 Å². The zero-order valence-electron chi connectivity index (χ0n) is 13.3. The van der Waals surface area contributed by atoms with Crippen LogP contribution in [-0.4, -0.2) is 24.5 Å². The van der Waals surface area contributed by atoms with E-state index in [1.165, 1.54) is 6.92 Å². The van der Waals surface area contributed by atoms with E-state index in [1.54, 1.807) is 0 Å². The van der Waals surface area contributed by atoms with Gasteiger partial charge in [-0.1, -0.05) is 32.8 Å². The highest BCUT2D eigenvalue weighted by Gasteiger charge is 2.39. The molecule has 2 unspecified atom stereocenters. The van der Waals surface area contributed by atoms with Crippen molar-refractivity contribution in [3.05, 3.63) is 12.2 Å². The average molecular weight is 312 g/mol. The van der Waals surface area contributed by atoms with Crippen molar-refractivity contribution < 1.29 is 28.9 Å². The SMILES string of the molecule is C=C(C)C(=O)OOC(=O)C1CCCCC1C(=O)OCCCC. The lowest BCUT2D eigenvalue weighted by atomic mass is 9.79. The number of unbranched alkanes of at least 4 members (excludes halogenated alkanes) is 1. The van der Waals surface area contributed by atoms with Crippen LogP contribution in [0, 0.1) is 11.8 Å². The fourth-order valence-corrected chi connectivity index (χ4v) is 2.33. The second-order valence-corrected chi connectivity index (χ2v) is 5.57. The van der Waals surface area contributed by atoms with Crippen molar-refractivity contribution in [2.45, 2.75) is 52.4 Å². The van der Waals surface area contributed by atoms with Gasteiger partial charge in [-0.3, -0.25) is 4.79 Å². The molecule has 0 aromatic rings. The molecular formula is C16H24O6. The van der Waals surface area contributed by atoms with Crippen LogP contribution in [-0.2, 0) is 28.9 Å². The molecule has 0 N–H and O–H groups in total. The Morgan fingerprint density at radius 2 is 1.64 bits per heavy atom. The normalized spacial score (nSPS) is 20.8. The molecule has 1 aliphatic rings. The van der Waals surface area contributed by atoms with Crippen LogP contribution >= 0.6 is 0 Å². The molecule has 0 spiro atoms. The summed E-state index contributed by atoms with van der Waals surface area (Å²) in [6.45, 7) is 7.20. The smallest absolute Gasteiger partial charge is 0.381 e. The predicted octanol–water partition coefficient (Wildman–Crippen LogP) is 2.71. The third kappa shape index (κ3) is 5.50. The van der Waals surface area contributed by atoms with Crippen molar-refractivity contribution in [3.8, 4) is 0 Å². The van der Waals surface area contributed by atoms with E-state index in [4.69, 9.17) is 4.74 Å². The van der Waals surface area contributed by atoms with E-state index in [9.17, 15) is 14.4 Å². The van der Waals surface area contributed by atoms with Gasteiger partial charge in [0.05, 0.1) is 18.4 Å². The first-order valence-corrected chi connectivity index (χ1v) is 7.72. The van der Waals surface area contributed by atoms with Gasteiger partial charge in [0.25, 0.3) is 0 Å². The highest BCUT2D eigenvalue weighted by atomic mass is 17.2. The molecule has 1 aliphatic carbocycles. The van der Waals surface area contributed by atoms with Crippen LogP contribution in [0.15, 0.2) is 12.2 Å². The third-order valence-electron chi connectivity index (χ3n) is 3.66. The molecule has 2 atom stereocenters. The molecule has 0 saturated heterocycles. The summed E-state index contributed by atoms with van der Waals surface area (Å²) >= 11 is 0. The maximum Gasteiger partial charge on any atom is 0.381 e. The first-order chi connectivity index (χ1) is 10.5. The lowest BCUT2D eigenvalue weighted by Crippen LogP contribution is -2.35. The summed E-state index contributed by atoms with van der Waals surface area (Å²) < 4.78 is 5.20. The van der Waals surface area contributed by atoms with Crippen LogP contribution in [0.2, 0.25) is 0 Å². The van der Waals surface area contributed by atoms with Gasteiger partial charge in [0.15, 0.2) is 0 Å². The molecule has 6 heteroatoms. The van der Waals surface area contributed by atoms with Crippen LogP contribution in [0.4, 0.5) is 0 Å². The summed E-state index contributed by atoms with van der Waals surface area (Å²) in [7, 11) is 0. The lowest BCUT2D eigenvalue weighted by molar-refractivity contribution is -0.260. The predicted molar refractivity (Wildman–Crippen MR) is 78.3 cm³/mol. The minimum Gasteiger partial charge on any atom is -0.465 e. The second-order valence-electron chi connectivity index (χ2n) is 5.57. The fraction of sp³-hybridized carbons (Fsp3) is 0.688. The first-order valence-electron chi connectivity index (χ1n) is 7.72. The van der Waals surface area contributed by atoms with Crippen molar-refractivity contribution >= 4 is 17.9 Å². The molecule has 0 aliphatic heterocycles. The third-order valence-corrected chi connectivity index (χ3v) is 3.66. The number of ether oxygens (including phenoxy) is 1. The number of esters is 1. The topological polar surface area (TPSA) is 78.9 Å². The van der Waals surface area contributed by atoms with Crippen LogP contribution in [0.3, 0.4) is 0 Å². The summed E-state index contributed by atoms with van der Waals surface area (Å²) in [6.07, 6.45) is 4.52. The molecule has 6 nitrogen and oxygen atoms in total. The Morgan fingerprint density at radius 1 is 1.05 bits per heavy atom. The van der Waals surface area contributed by atoms with Gasteiger partial charge in [0.2, 0.25) is 0 Å². The molecular weight excluding hydrogens is 288 g/mol. The number of rotatable bonds is 6. The Kier molecular flexibility index (Phi) is 7.63. The molecule has 0 amide bonds. The maximum absolute atomic E-state index is 12.1. The zero-order valence-corrected chi connectivity index (χ0v) is 13.3. The summed E-state index contributed by atoms with van der Waals surface area (Å²) in [5.41, 5.74) is 0.131. The highest BCUT2D eigenvalue weighted by Crippen LogP contribution is 2.32. The summed E-state index contributed by atoms with van der Waals surface area (Å²) in [6, 6.07) is 0. The van der Waals surface area contributed by atoms with Crippen molar-refractivity contribution in [2.75, 3.05) is 6.61 Å². The van der Waals surface area contributed by atoms with Gasteiger partial charge in [-0.25, -0.2) is 19.4 Å². The summed E-state index contributed by atoms with van der Waals surface area (Å²) in [5, 5.41) is 0. The zero-order chi connectivity index (χ0) is 16.5.